The zero-order valence-corrected chi connectivity index (χ0v) is 27.7. The van der Waals surface area contributed by atoms with Gasteiger partial charge < -0.3 is 0 Å². The number of carbonyl (C=O) groups is 4. The van der Waals surface area contributed by atoms with E-state index in [9.17, 15) is 19.2 Å². The van der Waals surface area contributed by atoms with Crippen LogP contribution in [0.25, 0.3) is 0 Å². The molecular formula is C30H36BrClO4Zn. The molecule has 0 bridgehead atoms. The number of hydrogen-bond acceptors (Lipinski definition) is 4. The zero-order chi connectivity index (χ0) is 28.1. The molecule has 4 nitrogen and oxygen atoms in total. The van der Waals surface area contributed by atoms with E-state index in [-0.39, 0.29) is 22.6 Å². The van der Waals surface area contributed by atoms with Crippen molar-refractivity contribution in [2.75, 3.05) is 0 Å². The second-order valence-corrected chi connectivity index (χ2v) is 10.8. The summed E-state index contributed by atoms with van der Waals surface area (Å²) in [4.78, 5) is 43.9. The van der Waals surface area contributed by atoms with Gasteiger partial charge >= 0.3 is 30.0 Å². The Kier molecular flexibility index (Phi) is 14.9. The van der Waals surface area contributed by atoms with E-state index in [1.807, 2.05) is 0 Å². The molecule has 0 aliphatic heterocycles. The van der Waals surface area contributed by atoms with E-state index in [0.29, 0.717) is 29.2 Å². The molecule has 0 spiro atoms. The molecule has 2 aliphatic rings. The molecule has 2 fully saturated rings. The second kappa shape index (κ2) is 16.5. The maximum atomic E-state index is 11.9. The summed E-state index contributed by atoms with van der Waals surface area (Å²) in [6, 6.07) is 16.8. The molecular weight excluding hydrogens is 605 g/mol. The predicted octanol–water partition coefficient (Wildman–Crippen LogP) is 8.52. The Morgan fingerprint density at radius 3 is 1.49 bits per heavy atom. The van der Waals surface area contributed by atoms with Crippen LogP contribution in [0.15, 0.2) is 48.5 Å². The van der Waals surface area contributed by atoms with Crippen LogP contribution in [0.5, 0.6) is 0 Å². The fraction of sp³-hybridized carbons (Fsp3) is 0.467. The Labute approximate surface area is 243 Å². The minimum absolute atomic E-state index is 0.0366. The number of benzene rings is 2. The van der Waals surface area contributed by atoms with Crippen molar-refractivity contribution in [1.29, 1.82) is 0 Å². The Bertz CT molecular complexity index is 1030. The van der Waals surface area contributed by atoms with Crippen LogP contribution in [0, 0.1) is 16.9 Å². The van der Waals surface area contributed by atoms with Gasteiger partial charge in [-0.2, -0.15) is 30.3 Å². The van der Waals surface area contributed by atoms with Crippen LogP contribution in [-0.4, -0.2) is 22.6 Å². The SMILES string of the molecule is CC(=O)c1cc[c-]cc1.CC(=O)c1ccc(C(=O)CCC2(C)CC2)cc1.CC1(CCC(=O)Cl)CC1.[Zn+][Br]. The molecule has 2 aliphatic carbocycles. The molecule has 0 radical (unpaired) electrons. The van der Waals surface area contributed by atoms with Gasteiger partial charge in [0.25, 0.3) is 0 Å². The Hall–Kier alpha value is -1.49. The minimum atomic E-state index is -0.192. The van der Waals surface area contributed by atoms with Gasteiger partial charge in [-0.05, 0) is 74.8 Å². The fourth-order valence-corrected chi connectivity index (χ4v) is 3.49. The number of ketones is 3. The third-order valence-electron chi connectivity index (χ3n) is 6.83. The van der Waals surface area contributed by atoms with Gasteiger partial charge in [-0.3, -0.25) is 19.2 Å². The van der Waals surface area contributed by atoms with E-state index in [1.165, 1.54) is 48.9 Å². The van der Waals surface area contributed by atoms with Crippen LogP contribution < -0.4 is 0 Å². The topological polar surface area (TPSA) is 68.3 Å². The molecule has 2 aromatic rings. The van der Waals surface area contributed by atoms with E-state index < -0.39 is 0 Å². The summed E-state index contributed by atoms with van der Waals surface area (Å²) in [5, 5.41) is -0.192. The Morgan fingerprint density at radius 1 is 0.757 bits per heavy atom. The van der Waals surface area contributed by atoms with Crippen molar-refractivity contribution >= 4 is 47.8 Å². The zero-order valence-electron chi connectivity index (χ0n) is 22.4. The van der Waals surface area contributed by atoms with Crippen LogP contribution in [0.1, 0.15) is 110 Å². The summed E-state index contributed by atoms with van der Waals surface area (Å²) in [7, 11) is 0. The van der Waals surface area contributed by atoms with Crippen molar-refractivity contribution in [3.05, 3.63) is 71.3 Å². The summed E-state index contributed by atoms with van der Waals surface area (Å²) in [5.41, 5.74) is 3.03. The molecule has 0 atom stereocenters. The van der Waals surface area contributed by atoms with Crippen LogP contribution in [-0.2, 0) is 21.1 Å². The fourth-order valence-electron chi connectivity index (χ4n) is 3.40. The number of rotatable bonds is 9. The van der Waals surface area contributed by atoms with Crippen LogP contribution in [0.4, 0.5) is 0 Å². The summed E-state index contributed by atoms with van der Waals surface area (Å²) in [6.07, 6.45) is 8.20. The maximum absolute atomic E-state index is 11.9. The molecule has 0 unspecified atom stereocenters. The van der Waals surface area contributed by atoms with Gasteiger partial charge in [-0.25, -0.2) is 0 Å². The van der Waals surface area contributed by atoms with Gasteiger partial charge in [0.2, 0.25) is 5.24 Å². The average molecular weight is 641 g/mol. The first kappa shape index (κ1) is 33.5. The summed E-state index contributed by atoms with van der Waals surface area (Å²) in [5.74, 6) is 0.326. The standard InChI is InChI=1S/C15H18O2.C8H7O.C7H11ClO.BrH.Zn/c1-11(16)12-3-5-13(6-4-12)14(17)7-8-15(2)9-10-15;1-7(9)8-5-3-2-4-6-8;1-7(4-5-7)3-2-6(8)9;;/h3-6H,7-10H2,1-2H3;3-6H,1H3;2-5H2,1H3;1H;/q;-1;;;+2/p-1. The van der Waals surface area contributed by atoms with Crippen LogP contribution >= 0.6 is 25.2 Å². The first-order chi connectivity index (χ1) is 17.4. The number of carbonyl (C=O) groups excluding carboxylic acids is 4. The normalized spacial score (nSPS) is 15.2. The van der Waals surface area contributed by atoms with Gasteiger partial charge in [-0.15, -0.1) is 0 Å². The molecule has 0 saturated heterocycles. The van der Waals surface area contributed by atoms with E-state index in [0.717, 1.165) is 24.0 Å². The number of hydrogen-bond donors (Lipinski definition) is 0. The molecule has 2 aromatic carbocycles. The molecule has 7 heteroatoms. The Balaban J connectivity index is 0.000000291. The van der Waals surface area contributed by atoms with Crippen molar-refractivity contribution < 1.29 is 35.5 Å². The van der Waals surface area contributed by atoms with Crippen molar-refractivity contribution in [3.63, 3.8) is 0 Å². The van der Waals surface area contributed by atoms with E-state index >= 15 is 0 Å². The Morgan fingerprint density at radius 2 is 1.14 bits per heavy atom. The monoisotopic (exact) mass is 638 g/mol. The van der Waals surface area contributed by atoms with E-state index in [2.05, 4.69) is 33.5 Å². The molecule has 0 N–H and O–H groups in total. The third-order valence-corrected chi connectivity index (χ3v) is 7.01. The molecule has 2 saturated carbocycles. The van der Waals surface area contributed by atoms with Crippen molar-refractivity contribution in [1.82, 2.24) is 0 Å². The molecule has 4 rings (SSSR count). The third kappa shape index (κ3) is 14.3. The summed E-state index contributed by atoms with van der Waals surface area (Å²) < 4.78 is 0. The molecule has 0 aromatic heterocycles. The first-order valence-electron chi connectivity index (χ1n) is 12.5. The van der Waals surface area contributed by atoms with Gasteiger partial charge in [-0.1, -0.05) is 43.7 Å². The van der Waals surface area contributed by atoms with E-state index in [4.69, 9.17) is 11.6 Å². The summed E-state index contributed by atoms with van der Waals surface area (Å²) >= 11 is 9.42. The van der Waals surface area contributed by atoms with Crippen LogP contribution in [0.2, 0.25) is 0 Å². The van der Waals surface area contributed by atoms with Gasteiger partial charge in [0.1, 0.15) is 5.78 Å². The van der Waals surface area contributed by atoms with Crippen molar-refractivity contribution in [2.45, 2.75) is 79.1 Å². The molecule has 0 amide bonds. The van der Waals surface area contributed by atoms with Gasteiger partial charge in [0, 0.05) is 24.0 Å². The van der Waals surface area contributed by atoms with Crippen LogP contribution in [0.3, 0.4) is 0 Å². The first-order valence-corrected chi connectivity index (χ1v) is 19.8. The van der Waals surface area contributed by atoms with Gasteiger partial charge in [0.15, 0.2) is 11.6 Å². The molecule has 196 valence electrons. The second-order valence-electron chi connectivity index (χ2n) is 10.4. The van der Waals surface area contributed by atoms with Crippen molar-refractivity contribution in [2.24, 2.45) is 10.8 Å². The predicted molar refractivity (Wildman–Crippen MR) is 149 cm³/mol. The molecule has 37 heavy (non-hydrogen) atoms. The van der Waals surface area contributed by atoms with Crippen molar-refractivity contribution in [3.8, 4) is 0 Å². The summed E-state index contributed by atoms with van der Waals surface area (Å²) in [6.45, 7) is 7.52. The number of halogens is 2. The number of Topliss-reactive ketones (excluding diaryl/α,β-unsaturated/α-hetero) is 3. The van der Waals surface area contributed by atoms with Gasteiger partial charge in [0.05, 0.1) is 0 Å². The van der Waals surface area contributed by atoms with E-state index in [1.54, 1.807) is 55.5 Å². The molecule has 0 heterocycles. The average Bonchev–Trinajstić information content (AvgIpc) is 3.82. The quantitative estimate of drug-likeness (QED) is 0.119.